The molecule has 2 aliphatic rings. The predicted octanol–water partition coefficient (Wildman–Crippen LogP) is 2.16. The van der Waals surface area contributed by atoms with Gasteiger partial charge in [0, 0.05) is 6.54 Å². The highest BCUT2D eigenvalue weighted by Crippen LogP contribution is 2.31. The molecule has 0 N–H and O–H groups in total. The number of nitrogens with zero attached hydrogens (tertiary/aromatic N) is 2. The molecule has 2 saturated heterocycles. The molecule has 0 radical (unpaired) electrons. The van der Waals surface area contributed by atoms with Crippen LogP contribution in [0.3, 0.4) is 0 Å². The lowest BCUT2D eigenvalue weighted by molar-refractivity contribution is -0.168. The lowest BCUT2D eigenvalue weighted by atomic mass is 10.1. The fraction of sp³-hybridized carbons (Fsp3) is 0.571. The molecule has 2 aliphatic heterocycles. The second-order valence-electron chi connectivity index (χ2n) is 8.29. The van der Waals surface area contributed by atoms with E-state index in [4.69, 9.17) is 4.74 Å². The van der Waals surface area contributed by atoms with Crippen molar-refractivity contribution in [3.05, 3.63) is 35.9 Å². The number of carbonyl (C=O) groups is 3. The van der Waals surface area contributed by atoms with Gasteiger partial charge in [-0.25, -0.2) is 4.79 Å². The van der Waals surface area contributed by atoms with E-state index < -0.39 is 23.7 Å². The summed E-state index contributed by atoms with van der Waals surface area (Å²) in [6.07, 6.45) is 2.68. The molecule has 1 aromatic carbocycles. The van der Waals surface area contributed by atoms with Crippen LogP contribution in [-0.2, 0) is 25.5 Å². The number of hydrogen-bond acceptors (Lipinski definition) is 4. The van der Waals surface area contributed by atoms with Gasteiger partial charge in [-0.3, -0.25) is 9.59 Å². The summed E-state index contributed by atoms with van der Waals surface area (Å²) in [7, 11) is 0. The molecule has 0 spiro atoms. The number of piperazine rings is 1. The van der Waals surface area contributed by atoms with Gasteiger partial charge in [-0.05, 0) is 52.0 Å². The molecule has 0 unspecified atom stereocenters. The van der Waals surface area contributed by atoms with Crippen molar-refractivity contribution in [1.82, 2.24) is 9.80 Å². The summed E-state index contributed by atoms with van der Waals surface area (Å²) in [5.74, 6) is -0.620. The Kier molecular flexibility index (Phi) is 5.53. The summed E-state index contributed by atoms with van der Waals surface area (Å²) >= 11 is 0. The summed E-state index contributed by atoms with van der Waals surface area (Å²) in [6, 6.07) is 8.93. The zero-order valence-corrected chi connectivity index (χ0v) is 16.3. The van der Waals surface area contributed by atoms with Crippen molar-refractivity contribution < 1.29 is 19.1 Å². The Morgan fingerprint density at radius 1 is 1.15 bits per heavy atom. The number of benzene rings is 1. The maximum absolute atomic E-state index is 12.8. The third kappa shape index (κ3) is 4.49. The van der Waals surface area contributed by atoms with E-state index in [-0.39, 0.29) is 18.4 Å². The molecule has 0 aromatic heterocycles. The van der Waals surface area contributed by atoms with Crippen molar-refractivity contribution in [2.45, 2.75) is 64.1 Å². The molecule has 2 heterocycles. The lowest BCUT2D eigenvalue weighted by Crippen LogP contribution is -2.60. The first-order valence-electron chi connectivity index (χ1n) is 9.63. The van der Waals surface area contributed by atoms with Gasteiger partial charge in [0.05, 0.1) is 6.54 Å². The molecule has 2 amide bonds. The van der Waals surface area contributed by atoms with Gasteiger partial charge >= 0.3 is 5.97 Å². The fourth-order valence-electron chi connectivity index (χ4n) is 3.84. The summed E-state index contributed by atoms with van der Waals surface area (Å²) in [6.45, 7) is 6.00. The number of aryl methyl sites for hydroxylation is 1. The van der Waals surface area contributed by atoms with E-state index in [1.165, 1.54) is 10.5 Å². The molecular formula is C21H28N2O4. The monoisotopic (exact) mass is 372 g/mol. The fourth-order valence-corrected chi connectivity index (χ4v) is 3.84. The number of hydrogen-bond donors (Lipinski definition) is 0. The number of ether oxygens (including phenoxy) is 1. The molecule has 1 aromatic rings. The standard InChI is InChI=1S/C21H28N2O4/c1-21(2,3)27-20(26)17-12-11-16-19(25)22(14-18(24)23(16)17)13-7-10-15-8-5-4-6-9-15/h4-6,8-9,16-17H,7,10-14H2,1-3H3/t16-,17-/m0/s1. The first kappa shape index (κ1) is 19.4. The molecule has 27 heavy (non-hydrogen) atoms. The first-order chi connectivity index (χ1) is 12.8. The largest absolute Gasteiger partial charge is 0.458 e. The van der Waals surface area contributed by atoms with Gasteiger partial charge in [-0.1, -0.05) is 30.3 Å². The van der Waals surface area contributed by atoms with Crippen LogP contribution >= 0.6 is 0 Å². The minimum atomic E-state index is -0.642. The summed E-state index contributed by atoms with van der Waals surface area (Å²) in [5.41, 5.74) is 0.613. The smallest absolute Gasteiger partial charge is 0.329 e. The van der Waals surface area contributed by atoms with Crippen LogP contribution in [0.5, 0.6) is 0 Å². The molecule has 6 heteroatoms. The van der Waals surface area contributed by atoms with E-state index in [1.54, 1.807) is 25.7 Å². The molecule has 6 nitrogen and oxygen atoms in total. The van der Waals surface area contributed by atoms with Crippen molar-refractivity contribution in [1.29, 1.82) is 0 Å². The van der Waals surface area contributed by atoms with E-state index in [0.29, 0.717) is 19.4 Å². The molecule has 2 atom stereocenters. The number of rotatable bonds is 5. The molecular weight excluding hydrogens is 344 g/mol. The number of carbonyl (C=O) groups excluding carboxylic acids is 3. The normalized spacial score (nSPS) is 22.8. The molecule has 3 rings (SSSR count). The third-order valence-corrected chi connectivity index (χ3v) is 5.01. The molecule has 0 bridgehead atoms. The van der Waals surface area contributed by atoms with Gasteiger partial charge in [0.25, 0.3) is 0 Å². The van der Waals surface area contributed by atoms with E-state index in [0.717, 1.165) is 12.8 Å². The predicted molar refractivity (Wildman–Crippen MR) is 101 cm³/mol. The highest BCUT2D eigenvalue weighted by atomic mass is 16.6. The number of esters is 1. The third-order valence-electron chi connectivity index (χ3n) is 5.01. The Hall–Kier alpha value is -2.37. The van der Waals surface area contributed by atoms with Gasteiger partial charge < -0.3 is 14.5 Å². The quantitative estimate of drug-likeness (QED) is 0.743. The van der Waals surface area contributed by atoms with Crippen LogP contribution in [-0.4, -0.2) is 58.4 Å². The average Bonchev–Trinajstić information content (AvgIpc) is 3.05. The molecule has 0 saturated carbocycles. The lowest BCUT2D eigenvalue weighted by Gasteiger charge is -2.38. The summed E-state index contributed by atoms with van der Waals surface area (Å²) < 4.78 is 5.44. The maximum Gasteiger partial charge on any atom is 0.329 e. The second kappa shape index (κ2) is 7.71. The van der Waals surface area contributed by atoms with Crippen LogP contribution in [0, 0.1) is 0 Å². The van der Waals surface area contributed by atoms with Crippen LogP contribution in [0.4, 0.5) is 0 Å². The minimum Gasteiger partial charge on any atom is -0.458 e. The van der Waals surface area contributed by atoms with Gasteiger partial charge in [0.15, 0.2) is 0 Å². The first-order valence-corrected chi connectivity index (χ1v) is 9.63. The Labute approximate surface area is 160 Å². The highest BCUT2D eigenvalue weighted by Gasteiger charge is 2.49. The zero-order chi connectivity index (χ0) is 19.6. The van der Waals surface area contributed by atoms with Crippen molar-refractivity contribution in [2.24, 2.45) is 0 Å². The van der Waals surface area contributed by atoms with E-state index >= 15 is 0 Å². The molecule has 0 aliphatic carbocycles. The SMILES string of the molecule is CC(C)(C)OC(=O)[C@@H]1CC[C@H]2C(=O)N(CCCc3ccccc3)CC(=O)N12. The number of amides is 2. The zero-order valence-electron chi connectivity index (χ0n) is 16.3. The summed E-state index contributed by atoms with van der Waals surface area (Å²) in [5, 5.41) is 0. The van der Waals surface area contributed by atoms with E-state index in [1.807, 2.05) is 18.2 Å². The van der Waals surface area contributed by atoms with Crippen LogP contribution < -0.4 is 0 Å². The topological polar surface area (TPSA) is 66.9 Å². The summed E-state index contributed by atoms with van der Waals surface area (Å²) in [4.78, 5) is 41.0. The van der Waals surface area contributed by atoms with Crippen LogP contribution in [0.1, 0.15) is 45.6 Å². The van der Waals surface area contributed by atoms with Gasteiger partial charge in [-0.2, -0.15) is 0 Å². The van der Waals surface area contributed by atoms with Crippen LogP contribution in [0.2, 0.25) is 0 Å². The Bertz CT molecular complexity index is 711. The Balaban J connectivity index is 1.59. The van der Waals surface area contributed by atoms with Crippen molar-refractivity contribution >= 4 is 17.8 Å². The van der Waals surface area contributed by atoms with Gasteiger partial charge in [0.1, 0.15) is 17.7 Å². The number of fused-ring (bicyclic) bond motifs is 1. The van der Waals surface area contributed by atoms with Gasteiger partial charge in [0.2, 0.25) is 11.8 Å². The maximum atomic E-state index is 12.8. The van der Waals surface area contributed by atoms with Crippen molar-refractivity contribution in [3.8, 4) is 0 Å². The van der Waals surface area contributed by atoms with E-state index in [9.17, 15) is 14.4 Å². The highest BCUT2D eigenvalue weighted by molar-refractivity contribution is 5.98. The van der Waals surface area contributed by atoms with Crippen molar-refractivity contribution in [3.63, 3.8) is 0 Å². The van der Waals surface area contributed by atoms with E-state index in [2.05, 4.69) is 12.1 Å². The minimum absolute atomic E-state index is 0.0451. The second-order valence-corrected chi connectivity index (χ2v) is 8.29. The average molecular weight is 372 g/mol. The Morgan fingerprint density at radius 3 is 2.52 bits per heavy atom. The molecule has 146 valence electrons. The molecule has 2 fully saturated rings. The van der Waals surface area contributed by atoms with Crippen molar-refractivity contribution in [2.75, 3.05) is 13.1 Å². The van der Waals surface area contributed by atoms with Crippen LogP contribution in [0.15, 0.2) is 30.3 Å². The Morgan fingerprint density at radius 2 is 1.85 bits per heavy atom. The van der Waals surface area contributed by atoms with Gasteiger partial charge in [-0.15, -0.1) is 0 Å². The van der Waals surface area contributed by atoms with Crippen LogP contribution in [0.25, 0.3) is 0 Å².